The van der Waals surface area contributed by atoms with Crippen molar-refractivity contribution in [1.29, 1.82) is 0 Å². The van der Waals surface area contributed by atoms with Crippen molar-refractivity contribution in [3.05, 3.63) is 65.5 Å². The topological polar surface area (TPSA) is 49.4 Å². The number of benzene rings is 2. The zero-order chi connectivity index (χ0) is 18.0. The first-order valence-corrected chi connectivity index (χ1v) is 7.78. The molecule has 2 aromatic carbocycles. The van der Waals surface area contributed by atoms with Gasteiger partial charge in [0, 0.05) is 23.9 Å². The number of hydrogen-bond acceptors (Lipinski definition) is 2. The Balaban J connectivity index is 1.75. The number of nitrogens with zero attached hydrogens (tertiary/aromatic N) is 1. The lowest BCUT2D eigenvalue weighted by molar-refractivity contribution is -0.119. The monoisotopic (exact) mass is 348 g/mol. The average molecular weight is 348 g/mol. The molecule has 0 saturated carbocycles. The Bertz CT molecular complexity index is 826. The first-order valence-electron chi connectivity index (χ1n) is 7.78. The minimum Gasteiger partial charge on any atom is -0.327 e. The van der Waals surface area contributed by atoms with E-state index in [4.69, 9.17) is 0 Å². The van der Waals surface area contributed by atoms with Gasteiger partial charge in [0.25, 0.3) is 5.91 Å². The van der Waals surface area contributed by atoms with Gasteiger partial charge in [0.2, 0.25) is 5.91 Å². The fourth-order valence-corrected chi connectivity index (χ4v) is 2.87. The molecule has 0 bridgehead atoms. The van der Waals surface area contributed by atoms with E-state index in [1.54, 1.807) is 0 Å². The second-order valence-corrected chi connectivity index (χ2v) is 5.79. The molecule has 2 amide bonds. The molecule has 4 nitrogen and oxygen atoms in total. The molecule has 0 radical (unpaired) electrons. The lowest BCUT2D eigenvalue weighted by atomic mass is 10.1. The van der Waals surface area contributed by atoms with Crippen LogP contribution in [0.3, 0.4) is 0 Å². The van der Waals surface area contributed by atoms with E-state index in [9.17, 15) is 22.8 Å². The Kier molecular flexibility index (Phi) is 4.74. The second kappa shape index (κ2) is 6.96. The fourth-order valence-electron chi connectivity index (χ4n) is 2.87. The van der Waals surface area contributed by atoms with Crippen LogP contribution in [0, 0.1) is 17.5 Å². The highest BCUT2D eigenvalue weighted by molar-refractivity contribution is 6.01. The van der Waals surface area contributed by atoms with Crippen LogP contribution in [0.15, 0.2) is 42.5 Å². The average Bonchev–Trinajstić information content (AvgIpc) is 3.07. The van der Waals surface area contributed by atoms with E-state index in [1.165, 1.54) is 29.2 Å². The molecule has 2 aromatic rings. The van der Waals surface area contributed by atoms with E-state index in [1.807, 2.05) is 0 Å². The van der Waals surface area contributed by atoms with Crippen LogP contribution in [0.2, 0.25) is 0 Å². The van der Waals surface area contributed by atoms with Crippen LogP contribution in [0.1, 0.15) is 23.2 Å². The molecule has 1 aliphatic rings. The molecule has 130 valence electrons. The third kappa shape index (κ3) is 3.65. The molecule has 25 heavy (non-hydrogen) atoms. The van der Waals surface area contributed by atoms with Gasteiger partial charge >= 0.3 is 0 Å². The number of anilines is 1. The van der Waals surface area contributed by atoms with Gasteiger partial charge in [-0.3, -0.25) is 9.59 Å². The number of hydrogen-bond donors (Lipinski definition) is 1. The van der Waals surface area contributed by atoms with Crippen molar-refractivity contribution in [1.82, 2.24) is 4.90 Å². The lowest BCUT2D eigenvalue weighted by Gasteiger charge is -2.24. The van der Waals surface area contributed by atoms with Crippen molar-refractivity contribution in [2.24, 2.45) is 0 Å². The van der Waals surface area contributed by atoms with Gasteiger partial charge in [-0.05, 0) is 43.2 Å². The molecule has 0 spiro atoms. The summed E-state index contributed by atoms with van der Waals surface area (Å²) in [6.07, 6.45) is 1.06. The van der Waals surface area contributed by atoms with Gasteiger partial charge in [0.05, 0.1) is 0 Å². The van der Waals surface area contributed by atoms with Crippen LogP contribution in [0.5, 0.6) is 0 Å². The minimum absolute atomic E-state index is 0.106. The summed E-state index contributed by atoms with van der Waals surface area (Å²) in [5.41, 5.74) is 0.265. The Morgan fingerprint density at radius 3 is 2.56 bits per heavy atom. The molecule has 0 aromatic heterocycles. The summed E-state index contributed by atoms with van der Waals surface area (Å²) in [5, 5.41) is 2.49. The predicted octanol–water partition coefficient (Wildman–Crippen LogP) is 3.35. The van der Waals surface area contributed by atoms with Crippen LogP contribution in [-0.2, 0) is 4.79 Å². The van der Waals surface area contributed by atoms with Crippen LogP contribution in [-0.4, -0.2) is 29.3 Å². The third-order valence-corrected chi connectivity index (χ3v) is 4.08. The van der Waals surface area contributed by atoms with Crippen LogP contribution in [0.25, 0.3) is 0 Å². The third-order valence-electron chi connectivity index (χ3n) is 4.08. The predicted molar refractivity (Wildman–Crippen MR) is 85.4 cm³/mol. The largest absolute Gasteiger partial charge is 0.327 e. The molecule has 1 saturated heterocycles. The summed E-state index contributed by atoms with van der Waals surface area (Å²) >= 11 is 0. The van der Waals surface area contributed by atoms with Gasteiger partial charge in [0.1, 0.15) is 11.9 Å². The van der Waals surface area contributed by atoms with Crippen LogP contribution < -0.4 is 5.32 Å². The molecule has 0 aliphatic carbocycles. The van der Waals surface area contributed by atoms with Crippen molar-refractivity contribution >= 4 is 17.5 Å². The number of likely N-dealkylation sites (tertiary alicyclic amines) is 1. The van der Waals surface area contributed by atoms with E-state index < -0.39 is 35.3 Å². The second-order valence-electron chi connectivity index (χ2n) is 5.79. The Labute approximate surface area is 142 Å². The van der Waals surface area contributed by atoms with Gasteiger partial charge < -0.3 is 10.2 Å². The molecule has 1 N–H and O–H groups in total. The van der Waals surface area contributed by atoms with E-state index in [2.05, 4.69) is 5.32 Å². The first kappa shape index (κ1) is 17.0. The van der Waals surface area contributed by atoms with Crippen molar-refractivity contribution in [3.8, 4) is 0 Å². The summed E-state index contributed by atoms with van der Waals surface area (Å²) in [7, 11) is 0. The number of rotatable bonds is 3. The summed E-state index contributed by atoms with van der Waals surface area (Å²) in [5.74, 6) is -3.55. The highest BCUT2D eigenvalue weighted by Gasteiger charge is 2.34. The molecule has 0 unspecified atom stereocenters. The van der Waals surface area contributed by atoms with Crippen LogP contribution in [0.4, 0.5) is 18.9 Å². The first-order chi connectivity index (χ1) is 12.0. The van der Waals surface area contributed by atoms with Crippen molar-refractivity contribution < 1.29 is 22.8 Å². The maximum Gasteiger partial charge on any atom is 0.254 e. The van der Waals surface area contributed by atoms with Gasteiger partial charge in [-0.25, -0.2) is 13.2 Å². The highest BCUT2D eigenvalue weighted by Crippen LogP contribution is 2.22. The summed E-state index contributed by atoms with van der Waals surface area (Å²) in [4.78, 5) is 26.3. The number of nitrogens with one attached hydrogen (secondary N) is 1. The highest BCUT2D eigenvalue weighted by atomic mass is 19.2. The quantitative estimate of drug-likeness (QED) is 0.925. The Morgan fingerprint density at radius 1 is 1.04 bits per heavy atom. The van der Waals surface area contributed by atoms with Gasteiger partial charge in [-0.15, -0.1) is 0 Å². The lowest BCUT2D eigenvalue weighted by Crippen LogP contribution is -2.43. The smallest absolute Gasteiger partial charge is 0.254 e. The maximum absolute atomic E-state index is 13.3. The minimum atomic E-state index is -1.07. The summed E-state index contributed by atoms with van der Waals surface area (Å²) < 4.78 is 39.5. The molecule has 7 heteroatoms. The molecular formula is C18H15F3N2O2. The van der Waals surface area contributed by atoms with E-state index in [0.29, 0.717) is 19.4 Å². The van der Waals surface area contributed by atoms with E-state index in [0.717, 1.165) is 18.2 Å². The summed E-state index contributed by atoms with van der Waals surface area (Å²) in [6, 6.07) is 7.53. The van der Waals surface area contributed by atoms with E-state index in [-0.39, 0.29) is 11.3 Å². The maximum atomic E-state index is 13.3. The number of carbonyl (C=O) groups is 2. The van der Waals surface area contributed by atoms with Gasteiger partial charge in [0.15, 0.2) is 11.6 Å². The number of amides is 2. The van der Waals surface area contributed by atoms with Crippen molar-refractivity contribution in [2.45, 2.75) is 18.9 Å². The van der Waals surface area contributed by atoms with Crippen molar-refractivity contribution in [2.75, 3.05) is 11.9 Å². The van der Waals surface area contributed by atoms with Crippen LogP contribution >= 0.6 is 0 Å². The molecular weight excluding hydrogens is 333 g/mol. The zero-order valence-electron chi connectivity index (χ0n) is 13.1. The normalized spacial score (nSPS) is 16.8. The molecule has 1 atom stereocenters. The standard InChI is InChI=1S/C18H15F3N2O2/c19-12-4-1-3-11(9-12)18(25)23-8-2-5-16(23)17(24)22-13-6-7-14(20)15(21)10-13/h1,3-4,6-7,9-10,16H,2,5,8H2,(H,22,24)/t16-/m0/s1. The Morgan fingerprint density at radius 2 is 1.84 bits per heavy atom. The molecule has 3 rings (SSSR count). The van der Waals surface area contributed by atoms with E-state index >= 15 is 0 Å². The van der Waals surface area contributed by atoms with Crippen molar-refractivity contribution in [3.63, 3.8) is 0 Å². The number of halogens is 3. The number of carbonyl (C=O) groups excluding carboxylic acids is 2. The fraction of sp³-hybridized carbons (Fsp3) is 0.222. The molecule has 1 heterocycles. The SMILES string of the molecule is O=C(Nc1ccc(F)c(F)c1)[C@@H]1CCCN1C(=O)c1cccc(F)c1. The van der Waals surface area contributed by atoms with Gasteiger partial charge in [-0.1, -0.05) is 6.07 Å². The van der Waals surface area contributed by atoms with Gasteiger partial charge in [-0.2, -0.15) is 0 Å². The Hall–Kier alpha value is -2.83. The summed E-state index contributed by atoms with van der Waals surface area (Å²) in [6.45, 7) is 0.366. The molecule has 1 fully saturated rings. The molecule has 1 aliphatic heterocycles. The zero-order valence-corrected chi connectivity index (χ0v) is 13.1.